The van der Waals surface area contributed by atoms with Gasteiger partial charge in [-0.15, -0.1) is 0 Å². The van der Waals surface area contributed by atoms with Gasteiger partial charge in [-0.3, -0.25) is 9.89 Å². The zero-order chi connectivity index (χ0) is 11.4. The minimum absolute atomic E-state index is 0.259. The summed E-state index contributed by atoms with van der Waals surface area (Å²) in [6.45, 7) is 0.981. The highest BCUT2D eigenvalue weighted by atomic mass is 16.4. The number of carbonyl (C=O) groups is 2. The fourth-order valence-corrected chi connectivity index (χ4v) is 1.00. The summed E-state index contributed by atoms with van der Waals surface area (Å²) in [4.78, 5) is 22.0. The molecular weight excluding hydrogens is 202 g/mol. The molecule has 0 saturated carbocycles. The van der Waals surface area contributed by atoms with Crippen LogP contribution in [0.3, 0.4) is 0 Å². The third kappa shape index (κ3) is 2.53. The van der Waals surface area contributed by atoms with E-state index in [1.54, 1.807) is 6.92 Å². The number of aromatic nitrogens is 2. The number of nitrogens with one attached hydrogen (secondary N) is 2. The van der Waals surface area contributed by atoms with Gasteiger partial charge in [-0.2, -0.15) is 5.10 Å². The van der Waals surface area contributed by atoms with E-state index in [0.29, 0.717) is 5.69 Å². The standard InChI is InChI=1S/C8H11N3O4/c1-4-5(2-9-11-4)7(13)10-6(3-12)8(14)15/h2,6,12H,3H2,1H3,(H,9,11)(H,10,13)(H,14,15). The molecule has 0 radical (unpaired) electrons. The lowest BCUT2D eigenvalue weighted by atomic mass is 10.2. The highest BCUT2D eigenvalue weighted by Crippen LogP contribution is 2.02. The fourth-order valence-electron chi connectivity index (χ4n) is 1.00. The molecule has 4 N–H and O–H groups in total. The molecule has 7 heteroatoms. The number of amides is 1. The number of hydrogen-bond donors (Lipinski definition) is 4. The van der Waals surface area contributed by atoms with Crippen molar-refractivity contribution in [2.45, 2.75) is 13.0 Å². The van der Waals surface area contributed by atoms with Gasteiger partial charge in [0, 0.05) is 5.69 Å². The van der Waals surface area contributed by atoms with Gasteiger partial charge >= 0.3 is 5.97 Å². The first kappa shape index (κ1) is 11.2. The Morgan fingerprint density at radius 1 is 1.67 bits per heavy atom. The lowest BCUT2D eigenvalue weighted by molar-refractivity contribution is -0.140. The van der Waals surface area contributed by atoms with E-state index in [1.165, 1.54) is 6.20 Å². The highest BCUT2D eigenvalue weighted by molar-refractivity contribution is 5.97. The first-order chi connectivity index (χ1) is 7.06. The second-order valence-electron chi connectivity index (χ2n) is 2.96. The average Bonchev–Trinajstić information content (AvgIpc) is 2.60. The number of aliphatic hydroxyl groups is 1. The topological polar surface area (TPSA) is 115 Å². The van der Waals surface area contributed by atoms with Gasteiger partial charge in [0.25, 0.3) is 5.91 Å². The molecule has 1 rings (SSSR count). The third-order valence-corrected chi connectivity index (χ3v) is 1.86. The van der Waals surface area contributed by atoms with Crippen LogP contribution in [0.25, 0.3) is 0 Å². The lowest BCUT2D eigenvalue weighted by Gasteiger charge is -2.10. The number of carboxylic acid groups (broad SMARTS) is 1. The van der Waals surface area contributed by atoms with Gasteiger partial charge < -0.3 is 15.5 Å². The van der Waals surface area contributed by atoms with Crippen molar-refractivity contribution in [2.24, 2.45) is 0 Å². The summed E-state index contributed by atoms with van der Waals surface area (Å²) in [5.41, 5.74) is 0.796. The van der Waals surface area contributed by atoms with Gasteiger partial charge in [0.2, 0.25) is 0 Å². The molecular formula is C8H11N3O4. The molecule has 0 saturated heterocycles. The van der Waals surface area contributed by atoms with Gasteiger partial charge in [-0.1, -0.05) is 0 Å². The van der Waals surface area contributed by atoms with Crippen molar-refractivity contribution in [3.8, 4) is 0 Å². The smallest absolute Gasteiger partial charge is 0.328 e. The highest BCUT2D eigenvalue weighted by Gasteiger charge is 2.20. The number of hydrogen-bond acceptors (Lipinski definition) is 4. The van der Waals surface area contributed by atoms with Crippen molar-refractivity contribution in [3.63, 3.8) is 0 Å². The van der Waals surface area contributed by atoms with Gasteiger partial charge in [0.05, 0.1) is 18.4 Å². The number of rotatable bonds is 4. The summed E-state index contributed by atoms with van der Waals surface area (Å²) >= 11 is 0. The molecule has 0 aromatic carbocycles. The summed E-state index contributed by atoms with van der Waals surface area (Å²) in [5, 5.41) is 25.6. The van der Waals surface area contributed by atoms with Crippen molar-refractivity contribution >= 4 is 11.9 Å². The quantitative estimate of drug-likeness (QED) is 0.506. The Balaban J connectivity index is 2.71. The molecule has 82 valence electrons. The molecule has 1 aromatic rings. The minimum atomic E-state index is -1.30. The molecule has 1 amide bonds. The molecule has 0 aliphatic rings. The molecule has 1 unspecified atom stereocenters. The SMILES string of the molecule is Cc1[nH]ncc1C(=O)NC(CO)C(=O)O. The van der Waals surface area contributed by atoms with E-state index in [0.717, 1.165) is 0 Å². The number of aromatic amines is 1. The van der Waals surface area contributed by atoms with Crippen molar-refractivity contribution in [1.82, 2.24) is 15.5 Å². The van der Waals surface area contributed by atoms with Crippen LogP contribution >= 0.6 is 0 Å². The van der Waals surface area contributed by atoms with Crippen molar-refractivity contribution in [3.05, 3.63) is 17.5 Å². The predicted molar refractivity (Wildman–Crippen MR) is 49.3 cm³/mol. The van der Waals surface area contributed by atoms with Crippen LogP contribution in [-0.2, 0) is 4.79 Å². The van der Waals surface area contributed by atoms with Crippen molar-refractivity contribution < 1.29 is 19.8 Å². The van der Waals surface area contributed by atoms with E-state index in [4.69, 9.17) is 10.2 Å². The molecule has 7 nitrogen and oxygen atoms in total. The van der Waals surface area contributed by atoms with Crippen LogP contribution in [0.5, 0.6) is 0 Å². The van der Waals surface area contributed by atoms with Crippen LogP contribution in [0.4, 0.5) is 0 Å². The normalized spacial score (nSPS) is 12.1. The Kier molecular flexibility index (Phi) is 3.40. The zero-order valence-electron chi connectivity index (χ0n) is 8.02. The maximum absolute atomic E-state index is 11.5. The first-order valence-corrected chi connectivity index (χ1v) is 4.20. The number of aliphatic hydroxyl groups excluding tert-OH is 1. The molecule has 15 heavy (non-hydrogen) atoms. The molecule has 0 bridgehead atoms. The van der Waals surface area contributed by atoms with Gasteiger partial charge in [0.1, 0.15) is 0 Å². The van der Waals surface area contributed by atoms with Crippen molar-refractivity contribution in [1.29, 1.82) is 0 Å². The molecule has 1 atom stereocenters. The van der Waals surface area contributed by atoms with Crippen LogP contribution in [0.1, 0.15) is 16.1 Å². The Hall–Kier alpha value is -1.89. The van der Waals surface area contributed by atoms with Crippen LogP contribution in [0.15, 0.2) is 6.20 Å². The van der Waals surface area contributed by atoms with Crippen molar-refractivity contribution in [2.75, 3.05) is 6.61 Å². The minimum Gasteiger partial charge on any atom is -0.480 e. The monoisotopic (exact) mass is 213 g/mol. The number of carbonyl (C=O) groups excluding carboxylic acids is 1. The van der Waals surface area contributed by atoms with E-state index < -0.39 is 24.5 Å². The lowest BCUT2D eigenvalue weighted by Crippen LogP contribution is -2.43. The largest absolute Gasteiger partial charge is 0.480 e. The summed E-state index contributed by atoms with van der Waals surface area (Å²) < 4.78 is 0. The molecule has 0 spiro atoms. The van der Waals surface area contributed by atoms with Crippen LogP contribution < -0.4 is 5.32 Å². The zero-order valence-corrected chi connectivity index (χ0v) is 8.02. The first-order valence-electron chi connectivity index (χ1n) is 4.20. The van der Waals surface area contributed by atoms with E-state index in [2.05, 4.69) is 15.5 Å². The number of carboxylic acids is 1. The summed E-state index contributed by atoms with van der Waals surface area (Å²) in [6.07, 6.45) is 1.29. The van der Waals surface area contributed by atoms with Gasteiger partial charge in [0.15, 0.2) is 6.04 Å². The van der Waals surface area contributed by atoms with E-state index in [-0.39, 0.29) is 5.56 Å². The number of H-pyrrole nitrogens is 1. The molecule has 0 aliphatic carbocycles. The van der Waals surface area contributed by atoms with Gasteiger partial charge in [-0.25, -0.2) is 4.79 Å². The molecule has 0 fully saturated rings. The molecule has 0 aliphatic heterocycles. The third-order valence-electron chi connectivity index (χ3n) is 1.86. The maximum Gasteiger partial charge on any atom is 0.328 e. The van der Waals surface area contributed by atoms with Gasteiger partial charge in [-0.05, 0) is 6.92 Å². The summed E-state index contributed by atoms with van der Waals surface area (Å²) in [7, 11) is 0. The Bertz CT molecular complexity index is 374. The summed E-state index contributed by atoms with van der Waals surface area (Å²) in [5.74, 6) is -1.87. The number of nitrogens with zero attached hydrogens (tertiary/aromatic N) is 1. The second kappa shape index (κ2) is 4.56. The fraction of sp³-hybridized carbons (Fsp3) is 0.375. The van der Waals surface area contributed by atoms with Crippen LogP contribution in [0.2, 0.25) is 0 Å². The summed E-state index contributed by atoms with van der Waals surface area (Å²) in [6, 6.07) is -1.30. The molecule has 1 aromatic heterocycles. The molecule has 1 heterocycles. The van der Waals surface area contributed by atoms with E-state index in [9.17, 15) is 9.59 Å². The number of aryl methyl sites for hydroxylation is 1. The van der Waals surface area contributed by atoms with E-state index >= 15 is 0 Å². The van der Waals surface area contributed by atoms with Crippen LogP contribution in [-0.4, -0.2) is 44.9 Å². The Morgan fingerprint density at radius 2 is 2.33 bits per heavy atom. The second-order valence-corrected chi connectivity index (χ2v) is 2.96. The maximum atomic E-state index is 11.5. The predicted octanol–water partition coefficient (Wildman–Crippen LogP) is -1.11. The Labute approximate surface area is 85.1 Å². The number of aliphatic carboxylic acids is 1. The van der Waals surface area contributed by atoms with Crippen LogP contribution in [0, 0.1) is 6.92 Å². The Morgan fingerprint density at radius 3 is 2.73 bits per heavy atom. The van der Waals surface area contributed by atoms with E-state index in [1.807, 2.05) is 0 Å². The average molecular weight is 213 g/mol.